The predicted molar refractivity (Wildman–Crippen MR) is 48.7 cm³/mol. The summed E-state index contributed by atoms with van der Waals surface area (Å²) in [4.78, 5) is 14.2. The number of aromatic nitrogens is 1. The molecule has 1 aromatic heterocycles. The highest BCUT2D eigenvalue weighted by molar-refractivity contribution is 5.68. The number of nitrogens with zero attached hydrogens (tertiary/aromatic N) is 1. The van der Waals surface area contributed by atoms with Crippen LogP contribution in [0.15, 0.2) is 12.3 Å². The molecule has 0 bridgehead atoms. The second-order valence-electron chi connectivity index (χ2n) is 2.66. The normalized spacial score (nSPS) is 9.57. The van der Waals surface area contributed by atoms with Crippen molar-refractivity contribution < 1.29 is 19.4 Å². The van der Waals surface area contributed by atoms with Gasteiger partial charge in [0.25, 0.3) is 0 Å². The molecule has 0 spiro atoms. The lowest BCUT2D eigenvalue weighted by Gasteiger charge is -2.08. The van der Waals surface area contributed by atoms with E-state index in [1.807, 2.05) is 6.92 Å². The standard InChI is InChI=1S/C9H11NO4/c1-6-3-7(13-2)8(4-10-6)14-5-9(11)12/h3-4H,5H2,1-2H3,(H,11,12). The molecule has 14 heavy (non-hydrogen) atoms. The SMILES string of the molecule is COc1cc(C)ncc1OCC(=O)O. The first kappa shape index (κ1) is 10.3. The molecule has 0 saturated heterocycles. The summed E-state index contributed by atoms with van der Waals surface area (Å²) >= 11 is 0. The van der Waals surface area contributed by atoms with E-state index in [9.17, 15) is 4.79 Å². The minimum Gasteiger partial charge on any atom is -0.493 e. The zero-order chi connectivity index (χ0) is 10.6. The monoisotopic (exact) mass is 197 g/mol. The van der Waals surface area contributed by atoms with Gasteiger partial charge in [-0.3, -0.25) is 4.98 Å². The number of aliphatic carboxylic acids is 1. The number of carboxylic acid groups (broad SMARTS) is 1. The second kappa shape index (κ2) is 4.45. The van der Waals surface area contributed by atoms with Crippen LogP contribution in [0.2, 0.25) is 0 Å². The van der Waals surface area contributed by atoms with Gasteiger partial charge in [-0.05, 0) is 6.92 Å². The molecule has 1 rings (SSSR count). The average Bonchev–Trinajstić information content (AvgIpc) is 2.15. The fourth-order valence-electron chi connectivity index (χ4n) is 0.930. The maximum atomic E-state index is 10.3. The highest BCUT2D eigenvalue weighted by Crippen LogP contribution is 2.25. The number of aryl methyl sites for hydroxylation is 1. The van der Waals surface area contributed by atoms with E-state index in [1.54, 1.807) is 6.07 Å². The van der Waals surface area contributed by atoms with Crippen LogP contribution in [0.5, 0.6) is 11.5 Å². The average molecular weight is 197 g/mol. The quantitative estimate of drug-likeness (QED) is 0.775. The van der Waals surface area contributed by atoms with Crippen molar-refractivity contribution in [2.24, 2.45) is 0 Å². The van der Waals surface area contributed by atoms with Crippen molar-refractivity contribution in [2.45, 2.75) is 6.92 Å². The van der Waals surface area contributed by atoms with Crippen LogP contribution in [0.1, 0.15) is 5.69 Å². The van der Waals surface area contributed by atoms with Gasteiger partial charge in [-0.15, -0.1) is 0 Å². The minimum absolute atomic E-state index is 0.334. The molecule has 0 atom stereocenters. The van der Waals surface area contributed by atoms with Crippen molar-refractivity contribution >= 4 is 5.97 Å². The van der Waals surface area contributed by atoms with Gasteiger partial charge < -0.3 is 14.6 Å². The van der Waals surface area contributed by atoms with Crippen LogP contribution in [-0.2, 0) is 4.79 Å². The Balaban J connectivity index is 2.80. The van der Waals surface area contributed by atoms with Crippen LogP contribution in [0.4, 0.5) is 0 Å². The van der Waals surface area contributed by atoms with Crippen LogP contribution in [0, 0.1) is 6.92 Å². The lowest BCUT2D eigenvalue weighted by atomic mass is 10.3. The minimum atomic E-state index is -1.03. The summed E-state index contributed by atoms with van der Waals surface area (Å²) in [6.45, 7) is 1.41. The van der Waals surface area contributed by atoms with Gasteiger partial charge in [0.15, 0.2) is 18.1 Å². The molecule has 5 nitrogen and oxygen atoms in total. The van der Waals surface area contributed by atoms with Gasteiger partial charge in [0, 0.05) is 11.8 Å². The zero-order valence-electron chi connectivity index (χ0n) is 7.98. The van der Waals surface area contributed by atoms with E-state index in [0.717, 1.165) is 5.69 Å². The highest BCUT2D eigenvalue weighted by Gasteiger charge is 2.06. The Bertz CT molecular complexity index is 338. The topological polar surface area (TPSA) is 68.7 Å². The number of carboxylic acids is 1. The van der Waals surface area contributed by atoms with Gasteiger partial charge in [-0.25, -0.2) is 4.79 Å². The summed E-state index contributed by atoms with van der Waals surface area (Å²) in [6.07, 6.45) is 1.44. The molecule has 5 heteroatoms. The first-order valence-electron chi connectivity index (χ1n) is 3.98. The van der Waals surface area contributed by atoms with Crippen molar-refractivity contribution in [1.29, 1.82) is 0 Å². The van der Waals surface area contributed by atoms with Crippen molar-refractivity contribution in [3.05, 3.63) is 18.0 Å². The van der Waals surface area contributed by atoms with Crippen molar-refractivity contribution in [2.75, 3.05) is 13.7 Å². The second-order valence-corrected chi connectivity index (χ2v) is 2.66. The smallest absolute Gasteiger partial charge is 0.341 e. The summed E-state index contributed by atoms with van der Waals surface area (Å²) in [6, 6.07) is 1.68. The molecule has 0 fully saturated rings. The Morgan fingerprint density at radius 2 is 2.29 bits per heavy atom. The molecule has 0 aromatic carbocycles. The van der Waals surface area contributed by atoms with Crippen LogP contribution in [-0.4, -0.2) is 29.8 Å². The first-order valence-corrected chi connectivity index (χ1v) is 3.98. The molecule has 1 aromatic rings. The third-order valence-electron chi connectivity index (χ3n) is 1.54. The molecule has 0 amide bonds. The molecular formula is C9H11NO4. The number of ether oxygens (including phenoxy) is 2. The number of rotatable bonds is 4. The lowest BCUT2D eigenvalue weighted by Crippen LogP contribution is -2.10. The van der Waals surface area contributed by atoms with E-state index in [1.165, 1.54) is 13.3 Å². The largest absolute Gasteiger partial charge is 0.493 e. The molecule has 0 aliphatic heterocycles. The summed E-state index contributed by atoms with van der Waals surface area (Å²) in [5.74, 6) is -0.216. The van der Waals surface area contributed by atoms with Crippen molar-refractivity contribution in [3.8, 4) is 11.5 Å². The van der Waals surface area contributed by atoms with E-state index >= 15 is 0 Å². The van der Waals surface area contributed by atoms with Gasteiger partial charge in [0.2, 0.25) is 0 Å². The first-order chi connectivity index (χ1) is 6.63. The van der Waals surface area contributed by atoms with Crippen LogP contribution in [0.3, 0.4) is 0 Å². The maximum Gasteiger partial charge on any atom is 0.341 e. The number of methoxy groups -OCH3 is 1. The molecule has 76 valence electrons. The molecule has 0 aliphatic rings. The summed E-state index contributed by atoms with van der Waals surface area (Å²) in [5, 5.41) is 8.41. The molecule has 0 saturated carbocycles. The van der Waals surface area contributed by atoms with E-state index in [2.05, 4.69) is 4.98 Å². The summed E-state index contributed by atoms with van der Waals surface area (Å²) in [5.41, 5.74) is 0.782. The number of hydrogen-bond donors (Lipinski definition) is 1. The highest BCUT2D eigenvalue weighted by atomic mass is 16.5. The zero-order valence-corrected chi connectivity index (χ0v) is 7.98. The van der Waals surface area contributed by atoms with Gasteiger partial charge in [0.05, 0.1) is 13.3 Å². The maximum absolute atomic E-state index is 10.3. The van der Waals surface area contributed by atoms with Crippen LogP contribution >= 0.6 is 0 Å². The van der Waals surface area contributed by atoms with E-state index in [4.69, 9.17) is 14.6 Å². The Kier molecular flexibility index (Phi) is 3.28. The number of pyridine rings is 1. The van der Waals surface area contributed by atoms with Gasteiger partial charge in [-0.1, -0.05) is 0 Å². The van der Waals surface area contributed by atoms with E-state index in [0.29, 0.717) is 11.5 Å². The number of hydrogen-bond acceptors (Lipinski definition) is 4. The fraction of sp³-hybridized carbons (Fsp3) is 0.333. The lowest BCUT2D eigenvalue weighted by molar-refractivity contribution is -0.139. The fourth-order valence-corrected chi connectivity index (χ4v) is 0.930. The summed E-state index contributed by atoms with van der Waals surface area (Å²) < 4.78 is 9.96. The molecular weight excluding hydrogens is 186 g/mol. The van der Waals surface area contributed by atoms with Crippen LogP contribution < -0.4 is 9.47 Å². The van der Waals surface area contributed by atoms with Crippen molar-refractivity contribution in [1.82, 2.24) is 4.98 Å². The Morgan fingerprint density at radius 1 is 1.57 bits per heavy atom. The van der Waals surface area contributed by atoms with Gasteiger partial charge in [0.1, 0.15) is 0 Å². The molecule has 0 aliphatic carbocycles. The van der Waals surface area contributed by atoms with Gasteiger partial charge >= 0.3 is 5.97 Å². The molecule has 0 radical (unpaired) electrons. The molecule has 1 N–H and O–H groups in total. The Labute approximate surface area is 81.3 Å². The number of carbonyl (C=O) groups is 1. The van der Waals surface area contributed by atoms with Crippen LogP contribution in [0.25, 0.3) is 0 Å². The Hall–Kier alpha value is -1.78. The van der Waals surface area contributed by atoms with Crippen molar-refractivity contribution in [3.63, 3.8) is 0 Å². The third-order valence-corrected chi connectivity index (χ3v) is 1.54. The Morgan fingerprint density at radius 3 is 2.86 bits per heavy atom. The molecule has 0 unspecified atom stereocenters. The molecule has 1 heterocycles. The van der Waals surface area contributed by atoms with E-state index < -0.39 is 12.6 Å². The summed E-state index contributed by atoms with van der Waals surface area (Å²) in [7, 11) is 1.49. The predicted octanol–water partition coefficient (Wildman–Crippen LogP) is 0.862. The third kappa shape index (κ3) is 2.62. The van der Waals surface area contributed by atoms with Gasteiger partial charge in [-0.2, -0.15) is 0 Å². The van der Waals surface area contributed by atoms with E-state index in [-0.39, 0.29) is 0 Å².